The first-order chi connectivity index (χ1) is 10.2. The molecule has 114 valence electrons. The van der Waals surface area contributed by atoms with Gasteiger partial charge in [0.1, 0.15) is 18.2 Å². The second kappa shape index (κ2) is 7.95. The van der Waals surface area contributed by atoms with Crippen LogP contribution in [0.5, 0.6) is 0 Å². The van der Waals surface area contributed by atoms with Gasteiger partial charge in [0.2, 0.25) is 0 Å². The number of hydrogen-bond donors (Lipinski definition) is 2. The molecule has 2 aromatic heterocycles. The Morgan fingerprint density at radius 3 is 2.43 bits per heavy atom. The maximum absolute atomic E-state index is 5.12. The minimum absolute atomic E-state index is 0.410. The summed E-state index contributed by atoms with van der Waals surface area (Å²) in [6, 6.07) is 6.28. The van der Waals surface area contributed by atoms with Crippen LogP contribution >= 0.6 is 11.3 Å². The van der Waals surface area contributed by atoms with Gasteiger partial charge in [0.25, 0.3) is 0 Å². The summed E-state index contributed by atoms with van der Waals surface area (Å²) in [5.41, 5.74) is 0. The number of thiophene rings is 1. The maximum Gasteiger partial charge on any atom is 0.158 e. The van der Waals surface area contributed by atoms with Crippen molar-refractivity contribution in [2.45, 2.75) is 33.4 Å². The number of ether oxygens (including phenoxy) is 1. The lowest BCUT2D eigenvalue weighted by molar-refractivity contribution is 0.178. The van der Waals surface area contributed by atoms with Crippen LogP contribution in [0.15, 0.2) is 18.2 Å². The van der Waals surface area contributed by atoms with E-state index in [4.69, 9.17) is 4.74 Å². The van der Waals surface area contributed by atoms with E-state index in [1.165, 1.54) is 9.75 Å². The Bertz CT molecular complexity index is 546. The van der Waals surface area contributed by atoms with Gasteiger partial charge in [-0.05, 0) is 25.5 Å². The molecule has 0 fully saturated rings. The highest BCUT2D eigenvalue weighted by molar-refractivity contribution is 7.12. The van der Waals surface area contributed by atoms with E-state index in [0.717, 1.165) is 31.1 Å². The van der Waals surface area contributed by atoms with Crippen molar-refractivity contribution < 1.29 is 4.74 Å². The average molecular weight is 306 g/mol. The van der Waals surface area contributed by atoms with Crippen molar-refractivity contribution in [2.24, 2.45) is 0 Å². The lowest BCUT2D eigenvalue weighted by Gasteiger charge is -2.09. The van der Waals surface area contributed by atoms with E-state index >= 15 is 0 Å². The van der Waals surface area contributed by atoms with Gasteiger partial charge in [-0.2, -0.15) is 0 Å². The first kappa shape index (κ1) is 15.7. The third kappa shape index (κ3) is 4.68. The van der Waals surface area contributed by atoms with Crippen LogP contribution in [0.25, 0.3) is 0 Å². The number of rotatable bonds is 8. The Labute approximate surface area is 129 Å². The van der Waals surface area contributed by atoms with Crippen molar-refractivity contribution in [3.05, 3.63) is 33.8 Å². The zero-order chi connectivity index (χ0) is 15.1. The van der Waals surface area contributed by atoms with Gasteiger partial charge in [-0.15, -0.1) is 11.3 Å². The second-order valence-corrected chi connectivity index (χ2v) is 5.85. The standard InChI is InChI=1S/C15H22N4OS/c1-4-11-6-7-12(21-11)9-17-14-8-13(16-5-2)18-15(19-14)10-20-3/h6-8H,4-5,9-10H2,1-3H3,(H2,16,17,18,19). The molecule has 0 aliphatic rings. The quantitative estimate of drug-likeness (QED) is 0.783. The molecule has 21 heavy (non-hydrogen) atoms. The van der Waals surface area contributed by atoms with Crippen LogP contribution in [0.1, 0.15) is 29.4 Å². The second-order valence-electron chi connectivity index (χ2n) is 4.59. The normalized spacial score (nSPS) is 10.6. The fourth-order valence-electron chi connectivity index (χ4n) is 1.94. The molecule has 0 spiro atoms. The van der Waals surface area contributed by atoms with Crippen LogP contribution in [-0.2, 0) is 24.3 Å². The number of hydrogen-bond acceptors (Lipinski definition) is 6. The Morgan fingerprint density at radius 2 is 1.81 bits per heavy atom. The Balaban J connectivity index is 2.06. The molecule has 0 aromatic carbocycles. The molecule has 0 unspecified atom stereocenters. The summed E-state index contributed by atoms with van der Waals surface area (Å²) < 4.78 is 5.12. The fourth-order valence-corrected chi connectivity index (χ4v) is 2.84. The molecular formula is C15H22N4OS. The Morgan fingerprint density at radius 1 is 1.10 bits per heavy atom. The molecule has 2 rings (SSSR count). The summed E-state index contributed by atoms with van der Waals surface area (Å²) in [7, 11) is 1.65. The van der Waals surface area contributed by atoms with E-state index in [-0.39, 0.29) is 0 Å². The van der Waals surface area contributed by atoms with Gasteiger partial charge in [-0.25, -0.2) is 9.97 Å². The van der Waals surface area contributed by atoms with Gasteiger partial charge in [0, 0.05) is 29.5 Å². The molecule has 2 aromatic rings. The van der Waals surface area contributed by atoms with E-state index in [1.54, 1.807) is 7.11 Å². The highest BCUT2D eigenvalue weighted by atomic mass is 32.1. The molecule has 0 bridgehead atoms. The lowest BCUT2D eigenvalue weighted by atomic mass is 10.3. The summed E-state index contributed by atoms with van der Waals surface area (Å²) in [4.78, 5) is 11.6. The van der Waals surface area contributed by atoms with Gasteiger partial charge in [0.15, 0.2) is 5.82 Å². The highest BCUT2D eigenvalue weighted by Crippen LogP contribution is 2.19. The van der Waals surface area contributed by atoms with Crippen LogP contribution in [0.4, 0.5) is 11.6 Å². The maximum atomic E-state index is 5.12. The van der Waals surface area contributed by atoms with Gasteiger partial charge >= 0.3 is 0 Å². The van der Waals surface area contributed by atoms with Gasteiger partial charge in [0.05, 0.1) is 6.54 Å². The Kier molecular flexibility index (Phi) is 5.95. The van der Waals surface area contributed by atoms with Crippen LogP contribution in [0.3, 0.4) is 0 Å². The number of methoxy groups -OCH3 is 1. The van der Waals surface area contributed by atoms with E-state index in [0.29, 0.717) is 12.4 Å². The topological polar surface area (TPSA) is 59.1 Å². The fraction of sp³-hybridized carbons (Fsp3) is 0.467. The monoisotopic (exact) mass is 306 g/mol. The SMILES string of the molecule is CCNc1cc(NCc2ccc(CC)s2)nc(COC)n1. The molecule has 0 aliphatic heterocycles. The third-order valence-corrected chi connectivity index (χ3v) is 4.14. The molecule has 6 heteroatoms. The van der Waals surface area contributed by atoms with Crippen molar-refractivity contribution in [2.75, 3.05) is 24.3 Å². The van der Waals surface area contributed by atoms with Crippen LogP contribution in [0.2, 0.25) is 0 Å². The minimum Gasteiger partial charge on any atom is -0.377 e. The largest absolute Gasteiger partial charge is 0.377 e. The first-order valence-corrected chi connectivity index (χ1v) is 7.99. The highest BCUT2D eigenvalue weighted by Gasteiger charge is 2.05. The van der Waals surface area contributed by atoms with Crippen molar-refractivity contribution in [1.29, 1.82) is 0 Å². The van der Waals surface area contributed by atoms with Crippen molar-refractivity contribution in [1.82, 2.24) is 9.97 Å². The zero-order valence-electron chi connectivity index (χ0n) is 12.8. The predicted octanol–water partition coefficient (Wildman–Crippen LogP) is 3.29. The summed E-state index contributed by atoms with van der Waals surface area (Å²) >= 11 is 1.83. The predicted molar refractivity (Wildman–Crippen MR) is 87.9 cm³/mol. The molecule has 0 aliphatic carbocycles. The van der Waals surface area contributed by atoms with Gasteiger partial charge < -0.3 is 15.4 Å². The van der Waals surface area contributed by atoms with E-state index < -0.39 is 0 Å². The smallest absolute Gasteiger partial charge is 0.158 e. The number of nitrogens with zero attached hydrogens (tertiary/aromatic N) is 2. The summed E-state index contributed by atoms with van der Waals surface area (Å²) in [6.45, 7) is 6.23. The molecule has 0 atom stereocenters. The molecule has 0 radical (unpaired) electrons. The summed E-state index contributed by atoms with van der Waals surface area (Å²) in [5.74, 6) is 2.32. The Hall–Kier alpha value is -1.66. The van der Waals surface area contributed by atoms with Crippen LogP contribution in [-0.4, -0.2) is 23.6 Å². The van der Waals surface area contributed by atoms with E-state index in [1.807, 2.05) is 24.3 Å². The number of aromatic nitrogens is 2. The molecular weight excluding hydrogens is 284 g/mol. The number of nitrogens with one attached hydrogen (secondary N) is 2. The van der Waals surface area contributed by atoms with Crippen molar-refractivity contribution >= 4 is 23.0 Å². The average Bonchev–Trinajstić information content (AvgIpc) is 2.94. The third-order valence-electron chi connectivity index (χ3n) is 2.91. The summed E-state index contributed by atoms with van der Waals surface area (Å²) in [6.07, 6.45) is 1.08. The number of aryl methyl sites for hydroxylation is 1. The number of anilines is 2. The van der Waals surface area contributed by atoms with E-state index in [9.17, 15) is 0 Å². The van der Waals surface area contributed by atoms with Gasteiger partial charge in [-0.3, -0.25) is 0 Å². The molecule has 0 saturated heterocycles. The first-order valence-electron chi connectivity index (χ1n) is 7.17. The van der Waals surface area contributed by atoms with Gasteiger partial charge in [-0.1, -0.05) is 6.92 Å². The summed E-state index contributed by atoms with van der Waals surface area (Å²) in [5, 5.41) is 6.57. The van der Waals surface area contributed by atoms with Crippen molar-refractivity contribution in [3.63, 3.8) is 0 Å². The van der Waals surface area contributed by atoms with Crippen LogP contribution in [0, 0.1) is 0 Å². The molecule has 0 amide bonds. The van der Waals surface area contributed by atoms with Crippen molar-refractivity contribution in [3.8, 4) is 0 Å². The molecule has 5 nitrogen and oxygen atoms in total. The zero-order valence-corrected chi connectivity index (χ0v) is 13.6. The molecule has 2 N–H and O–H groups in total. The lowest BCUT2D eigenvalue weighted by Crippen LogP contribution is -2.08. The van der Waals surface area contributed by atoms with Crippen LogP contribution < -0.4 is 10.6 Å². The molecule has 2 heterocycles. The van der Waals surface area contributed by atoms with E-state index in [2.05, 4.69) is 39.7 Å². The minimum atomic E-state index is 0.410. The molecule has 0 saturated carbocycles.